The van der Waals surface area contributed by atoms with E-state index >= 15 is 0 Å². The molecule has 184 valence electrons. The van der Waals surface area contributed by atoms with Gasteiger partial charge >= 0.3 is 0 Å². The number of rotatable bonds is 5. The summed E-state index contributed by atoms with van der Waals surface area (Å²) < 4.78 is 28.0. The van der Waals surface area contributed by atoms with Crippen molar-refractivity contribution in [2.24, 2.45) is 4.99 Å². The Hall–Kier alpha value is -4.40. The lowest BCUT2D eigenvalue weighted by molar-refractivity contribution is -0.134. The minimum atomic E-state index is -1.89. The van der Waals surface area contributed by atoms with Crippen LogP contribution in [0.15, 0.2) is 77.8 Å². The predicted octanol–water partition coefficient (Wildman–Crippen LogP) is 3.27. The van der Waals surface area contributed by atoms with Gasteiger partial charge < -0.3 is 15.5 Å². The second-order valence-corrected chi connectivity index (χ2v) is 8.60. The molecular formula is C27H24F2N4O3. The molecule has 2 atom stereocenters. The number of fused-ring (bicyclic) bond motifs is 1. The molecule has 9 heteroatoms. The standard InChI is InChI=1S/C27H24F2N4O3/c1-16(34)32-27(2,18-13-19(28)15-20(29)14-18)26(36)31-24-25(35)33(3)22-12-8-7-11-21(22)23(30-24)17-9-5-4-6-10-17/h4-15,24H,1-3H3,(H,31,36)(H,32,34)/t24-,27+/m1/s1. The van der Waals surface area contributed by atoms with E-state index in [0.717, 1.165) is 17.7 Å². The van der Waals surface area contributed by atoms with E-state index in [1.165, 1.54) is 18.7 Å². The quantitative estimate of drug-likeness (QED) is 0.575. The third-order valence-corrected chi connectivity index (χ3v) is 5.98. The van der Waals surface area contributed by atoms with Gasteiger partial charge in [-0.25, -0.2) is 13.8 Å². The fraction of sp³-hybridized carbons (Fsp3) is 0.185. The van der Waals surface area contributed by atoms with Crippen LogP contribution in [0.25, 0.3) is 0 Å². The van der Waals surface area contributed by atoms with E-state index in [9.17, 15) is 23.2 Å². The lowest BCUT2D eigenvalue weighted by atomic mass is 9.90. The second kappa shape index (κ2) is 9.69. The van der Waals surface area contributed by atoms with Gasteiger partial charge in [-0.3, -0.25) is 14.4 Å². The number of nitrogens with zero attached hydrogens (tertiary/aromatic N) is 2. The van der Waals surface area contributed by atoms with Crippen LogP contribution in [0, 0.1) is 11.6 Å². The molecule has 2 N–H and O–H groups in total. The Morgan fingerprint density at radius 2 is 1.58 bits per heavy atom. The Bertz CT molecular complexity index is 1360. The van der Waals surface area contributed by atoms with Gasteiger partial charge in [-0.15, -0.1) is 0 Å². The van der Waals surface area contributed by atoms with Crippen molar-refractivity contribution < 1.29 is 23.2 Å². The molecule has 1 aliphatic heterocycles. The Morgan fingerprint density at radius 3 is 2.22 bits per heavy atom. The number of para-hydroxylation sites is 1. The molecule has 0 aliphatic carbocycles. The zero-order chi connectivity index (χ0) is 26.0. The average molecular weight is 491 g/mol. The molecule has 1 heterocycles. The molecule has 3 aromatic carbocycles. The molecule has 7 nitrogen and oxygen atoms in total. The number of aliphatic imine (C=N–C) groups is 1. The molecule has 0 saturated carbocycles. The average Bonchev–Trinajstić information content (AvgIpc) is 2.94. The van der Waals surface area contributed by atoms with Gasteiger partial charge in [0, 0.05) is 31.2 Å². The summed E-state index contributed by atoms with van der Waals surface area (Å²) in [5, 5.41) is 5.04. The molecule has 0 spiro atoms. The van der Waals surface area contributed by atoms with E-state index in [-0.39, 0.29) is 5.56 Å². The van der Waals surface area contributed by atoms with Crippen LogP contribution in [0.4, 0.5) is 14.5 Å². The zero-order valence-corrected chi connectivity index (χ0v) is 19.9. The Balaban J connectivity index is 1.80. The smallest absolute Gasteiger partial charge is 0.272 e. The second-order valence-electron chi connectivity index (χ2n) is 8.60. The molecule has 0 saturated heterocycles. The van der Waals surface area contributed by atoms with Crippen LogP contribution in [-0.4, -0.2) is 36.6 Å². The summed E-state index contributed by atoms with van der Waals surface area (Å²) in [6.07, 6.45) is -1.38. The van der Waals surface area contributed by atoms with Gasteiger partial charge in [0.25, 0.3) is 11.8 Å². The normalized spacial score (nSPS) is 16.8. The van der Waals surface area contributed by atoms with Gasteiger partial charge in [0.1, 0.15) is 17.2 Å². The Labute approximate surface area is 206 Å². The Kier molecular flexibility index (Phi) is 6.65. The maximum atomic E-state index is 14.0. The highest BCUT2D eigenvalue weighted by Gasteiger charge is 2.40. The molecule has 36 heavy (non-hydrogen) atoms. The molecule has 0 unspecified atom stereocenters. The number of nitrogens with one attached hydrogen (secondary N) is 2. The topological polar surface area (TPSA) is 90.9 Å². The van der Waals surface area contributed by atoms with Crippen molar-refractivity contribution in [1.82, 2.24) is 10.6 Å². The van der Waals surface area contributed by atoms with E-state index in [0.29, 0.717) is 23.0 Å². The highest BCUT2D eigenvalue weighted by molar-refractivity contribution is 6.20. The van der Waals surface area contributed by atoms with Crippen LogP contribution in [0.5, 0.6) is 0 Å². The Morgan fingerprint density at radius 1 is 0.972 bits per heavy atom. The first-order chi connectivity index (χ1) is 17.1. The fourth-order valence-electron chi connectivity index (χ4n) is 4.17. The van der Waals surface area contributed by atoms with Crippen molar-refractivity contribution in [1.29, 1.82) is 0 Å². The third-order valence-electron chi connectivity index (χ3n) is 5.98. The van der Waals surface area contributed by atoms with Gasteiger partial charge in [0.2, 0.25) is 12.1 Å². The van der Waals surface area contributed by atoms with Crippen LogP contribution in [-0.2, 0) is 19.9 Å². The summed E-state index contributed by atoms with van der Waals surface area (Å²) in [6.45, 7) is 2.48. The number of likely N-dealkylation sites (N-methyl/N-ethyl adjacent to an activating group) is 1. The highest BCUT2D eigenvalue weighted by Crippen LogP contribution is 2.28. The van der Waals surface area contributed by atoms with Gasteiger partial charge in [-0.05, 0) is 30.7 Å². The molecule has 0 aromatic heterocycles. The number of benzodiazepines with no additional fused rings is 1. The van der Waals surface area contributed by atoms with Crippen molar-refractivity contribution in [2.45, 2.75) is 25.6 Å². The molecule has 4 rings (SSSR count). The minimum Gasteiger partial charge on any atom is -0.339 e. The number of halogens is 2. The van der Waals surface area contributed by atoms with Crippen molar-refractivity contribution in [3.05, 3.63) is 101 Å². The van der Waals surface area contributed by atoms with Crippen LogP contribution >= 0.6 is 0 Å². The largest absolute Gasteiger partial charge is 0.339 e. The summed E-state index contributed by atoms with van der Waals surface area (Å²) in [7, 11) is 1.57. The van der Waals surface area contributed by atoms with Crippen LogP contribution in [0.2, 0.25) is 0 Å². The first kappa shape index (κ1) is 24.7. The van der Waals surface area contributed by atoms with E-state index in [1.54, 1.807) is 19.2 Å². The van der Waals surface area contributed by atoms with Crippen LogP contribution < -0.4 is 15.5 Å². The highest BCUT2D eigenvalue weighted by atomic mass is 19.1. The van der Waals surface area contributed by atoms with Crippen molar-refractivity contribution in [2.75, 3.05) is 11.9 Å². The van der Waals surface area contributed by atoms with Crippen molar-refractivity contribution >= 4 is 29.1 Å². The third kappa shape index (κ3) is 4.72. The van der Waals surface area contributed by atoms with E-state index < -0.39 is 41.1 Å². The number of anilines is 1. The van der Waals surface area contributed by atoms with Crippen molar-refractivity contribution in [3.63, 3.8) is 0 Å². The van der Waals surface area contributed by atoms with Crippen LogP contribution in [0.3, 0.4) is 0 Å². The molecule has 0 fully saturated rings. The van der Waals surface area contributed by atoms with Gasteiger partial charge in [-0.2, -0.15) is 0 Å². The van der Waals surface area contributed by atoms with Gasteiger partial charge in [0.05, 0.1) is 11.4 Å². The van der Waals surface area contributed by atoms with Gasteiger partial charge in [0.15, 0.2) is 0 Å². The molecular weight excluding hydrogens is 466 g/mol. The summed E-state index contributed by atoms with van der Waals surface area (Å²) in [5.74, 6) is -3.84. The number of benzene rings is 3. The first-order valence-electron chi connectivity index (χ1n) is 11.2. The van der Waals surface area contributed by atoms with Crippen molar-refractivity contribution in [3.8, 4) is 0 Å². The lowest BCUT2D eigenvalue weighted by Crippen LogP contribution is -2.58. The first-order valence-corrected chi connectivity index (χ1v) is 11.2. The maximum Gasteiger partial charge on any atom is 0.272 e. The fourth-order valence-corrected chi connectivity index (χ4v) is 4.17. The summed E-state index contributed by atoms with van der Waals surface area (Å²) in [4.78, 5) is 44.9. The SMILES string of the molecule is CC(=O)N[C@](C)(C(=O)N[C@H]1N=C(c2ccccc2)c2ccccc2N(C)C1=O)c1cc(F)cc(F)c1. The number of amides is 3. The van der Waals surface area contributed by atoms with E-state index in [4.69, 9.17) is 0 Å². The zero-order valence-electron chi connectivity index (χ0n) is 19.9. The van der Waals surface area contributed by atoms with Gasteiger partial charge in [-0.1, -0.05) is 48.5 Å². The monoisotopic (exact) mass is 490 g/mol. The van der Waals surface area contributed by atoms with Crippen LogP contribution in [0.1, 0.15) is 30.5 Å². The summed E-state index contributed by atoms with van der Waals surface area (Å²) in [6, 6.07) is 18.9. The predicted molar refractivity (Wildman–Crippen MR) is 131 cm³/mol. The molecule has 0 radical (unpaired) electrons. The number of hydrogen-bond donors (Lipinski definition) is 2. The van der Waals surface area contributed by atoms with E-state index in [1.807, 2.05) is 42.5 Å². The summed E-state index contributed by atoms with van der Waals surface area (Å²) in [5.41, 5.74) is 0.468. The number of carbonyl (C=O) groups is 3. The molecule has 3 amide bonds. The maximum absolute atomic E-state index is 14.0. The lowest BCUT2D eigenvalue weighted by Gasteiger charge is -2.31. The summed E-state index contributed by atoms with van der Waals surface area (Å²) >= 11 is 0. The molecule has 0 bridgehead atoms. The number of carbonyl (C=O) groups excluding carboxylic acids is 3. The van der Waals surface area contributed by atoms with E-state index in [2.05, 4.69) is 15.6 Å². The minimum absolute atomic E-state index is 0.127. The number of hydrogen-bond acceptors (Lipinski definition) is 4. The molecule has 3 aromatic rings. The molecule has 1 aliphatic rings.